The average molecular weight is 296 g/mol. The number of ketones is 1. The zero-order chi connectivity index (χ0) is 15.7. The summed E-state index contributed by atoms with van der Waals surface area (Å²) in [6.07, 6.45) is 0. The molecule has 2 rings (SSSR count). The number of benzene rings is 1. The van der Waals surface area contributed by atoms with Crippen LogP contribution in [0.5, 0.6) is 0 Å². The molecule has 1 fully saturated rings. The van der Waals surface area contributed by atoms with Gasteiger partial charge in [0.05, 0.1) is 6.04 Å². The van der Waals surface area contributed by atoms with Crippen LogP contribution in [0, 0.1) is 17.6 Å². The molecule has 0 amide bonds. The fraction of sp³-hybridized carbons (Fsp3) is 0.562. The minimum absolute atomic E-state index is 0.166. The number of hydrogen-bond acceptors (Lipinski definition) is 3. The Morgan fingerprint density at radius 1 is 1.29 bits per heavy atom. The van der Waals surface area contributed by atoms with Crippen molar-refractivity contribution in [1.29, 1.82) is 0 Å². The first-order valence-electron chi connectivity index (χ1n) is 7.21. The maximum absolute atomic E-state index is 13.3. The van der Waals surface area contributed by atoms with E-state index in [1.807, 2.05) is 21.0 Å². The van der Waals surface area contributed by atoms with Gasteiger partial charge < -0.3 is 4.90 Å². The van der Waals surface area contributed by atoms with Gasteiger partial charge in [0.25, 0.3) is 0 Å². The standard InChI is InChI=1S/C16H22F2N2O/c1-10-8-20(9-15(10)19(3)4)11(2)16(21)12-5-6-13(17)14(18)7-12/h5-7,10-11,15H,8-9H2,1-4H3. The van der Waals surface area contributed by atoms with Gasteiger partial charge in [-0.15, -0.1) is 0 Å². The van der Waals surface area contributed by atoms with Crippen LogP contribution in [0.15, 0.2) is 18.2 Å². The van der Waals surface area contributed by atoms with Crippen molar-refractivity contribution in [3.05, 3.63) is 35.4 Å². The largest absolute Gasteiger partial charge is 0.305 e. The van der Waals surface area contributed by atoms with E-state index in [1.54, 1.807) is 0 Å². The predicted molar refractivity (Wildman–Crippen MR) is 78.4 cm³/mol. The van der Waals surface area contributed by atoms with Crippen LogP contribution in [0.25, 0.3) is 0 Å². The van der Waals surface area contributed by atoms with Crippen LogP contribution in [0.4, 0.5) is 8.78 Å². The highest BCUT2D eigenvalue weighted by Gasteiger charge is 2.35. The number of rotatable bonds is 4. The summed E-state index contributed by atoms with van der Waals surface area (Å²) in [6, 6.07) is 3.41. The lowest BCUT2D eigenvalue weighted by molar-refractivity contribution is 0.0858. The van der Waals surface area contributed by atoms with E-state index >= 15 is 0 Å². The van der Waals surface area contributed by atoms with Crippen molar-refractivity contribution in [2.24, 2.45) is 5.92 Å². The van der Waals surface area contributed by atoms with E-state index in [0.29, 0.717) is 12.0 Å². The monoisotopic (exact) mass is 296 g/mol. The molecule has 1 aliphatic heterocycles. The third-order valence-electron chi connectivity index (χ3n) is 4.40. The molecule has 3 atom stereocenters. The second-order valence-electron chi connectivity index (χ2n) is 6.13. The molecule has 3 nitrogen and oxygen atoms in total. The number of hydrogen-bond donors (Lipinski definition) is 0. The molecule has 0 aromatic heterocycles. The van der Waals surface area contributed by atoms with E-state index in [0.717, 1.165) is 25.2 Å². The lowest BCUT2D eigenvalue weighted by Crippen LogP contribution is -2.40. The molecule has 0 saturated carbocycles. The number of carbonyl (C=O) groups excluding carboxylic acids is 1. The second kappa shape index (κ2) is 6.20. The summed E-state index contributed by atoms with van der Waals surface area (Å²) in [4.78, 5) is 16.7. The number of likely N-dealkylation sites (N-methyl/N-ethyl adjacent to an activating group) is 1. The zero-order valence-electron chi connectivity index (χ0n) is 12.9. The van der Waals surface area contributed by atoms with Gasteiger partial charge in [-0.2, -0.15) is 0 Å². The van der Waals surface area contributed by atoms with Crippen LogP contribution in [-0.4, -0.2) is 54.9 Å². The molecule has 0 N–H and O–H groups in total. The molecule has 1 heterocycles. The number of likely N-dealkylation sites (tertiary alicyclic amines) is 1. The summed E-state index contributed by atoms with van der Waals surface area (Å²) < 4.78 is 26.2. The summed E-state index contributed by atoms with van der Waals surface area (Å²) in [5.74, 6) is -1.60. The fourth-order valence-electron chi connectivity index (χ4n) is 3.03. The SMILES string of the molecule is CC1CN(C(C)C(=O)c2ccc(F)c(F)c2)CC1N(C)C. The molecule has 0 spiro atoms. The Morgan fingerprint density at radius 3 is 2.48 bits per heavy atom. The molecule has 1 aromatic rings. The maximum atomic E-state index is 13.3. The summed E-state index contributed by atoms with van der Waals surface area (Å²) in [5, 5.41) is 0. The highest BCUT2D eigenvalue weighted by atomic mass is 19.2. The minimum Gasteiger partial charge on any atom is -0.305 e. The van der Waals surface area contributed by atoms with Gasteiger partial charge in [-0.3, -0.25) is 9.69 Å². The van der Waals surface area contributed by atoms with Crippen LogP contribution in [0.1, 0.15) is 24.2 Å². The highest BCUT2D eigenvalue weighted by Crippen LogP contribution is 2.23. The van der Waals surface area contributed by atoms with E-state index in [9.17, 15) is 13.6 Å². The lowest BCUT2D eigenvalue weighted by Gasteiger charge is -2.25. The van der Waals surface area contributed by atoms with Gasteiger partial charge in [0.2, 0.25) is 0 Å². The molecule has 1 aromatic carbocycles. The summed E-state index contributed by atoms with van der Waals surface area (Å²) >= 11 is 0. The molecule has 1 aliphatic rings. The third kappa shape index (κ3) is 3.30. The molecule has 21 heavy (non-hydrogen) atoms. The van der Waals surface area contributed by atoms with E-state index in [1.165, 1.54) is 6.07 Å². The topological polar surface area (TPSA) is 23.6 Å². The van der Waals surface area contributed by atoms with Crippen molar-refractivity contribution in [2.75, 3.05) is 27.2 Å². The Kier molecular flexibility index (Phi) is 4.74. The van der Waals surface area contributed by atoms with Crippen LogP contribution in [-0.2, 0) is 0 Å². The van der Waals surface area contributed by atoms with E-state index in [4.69, 9.17) is 0 Å². The number of carbonyl (C=O) groups is 1. The summed E-state index contributed by atoms with van der Waals surface area (Å²) in [6.45, 7) is 5.64. The van der Waals surface area contributed by atoms with Crippen LogP contribution < -0.4 is 0 Å². The van der Waals surface area contributed by atoms with Crippen molar-refractivity contribution in [1.82, 2.24) is 9.80 Å². The number of Topliss-reactive ketones (excluding diaryl/α,β-unsaturated/α-hetero) is 1. The smallest absolute Gasteiger partial charge is 0.179 e. The highest BCUT2D eigenvalue weighted by molar-refractivity contribution is 5.99. The van der Waals surface area contributed by atoms with Crippen molar-refractivity contribution < 1.29 is 13.6 Å². The zero-order valence-corrected chi connectivity index (χ0v) is 12.9. The predicted octanol–water partition coefficient (Wildman–Crippen LogP) is 2.42. The fourth-order valence-corrected chi connectivity index (χ4v) is 3.03. The number of nitrogens with zero attached hydrogens (tertiary/aromatic N) is 2. The van der Waals surface area contributed by atoms with E-state index < -0.39 is 11.6 Å². The molecule has 0 aliphatic carbocycles. The van der Waals surface area contributed by atoms with Gasteiger partial charge in [0.1, 0.15) is 0 Å². The third-order valence-corrected chi connectivity index (χ3v) is 4.40. The van der Waals surface area contributed by atoms with Gasteiger partial charge in [0, 0.05) is 24.7 Å². The van der Waals surface area contributed by atoms with Gasteiger partial charge in [0.15, 0.2) is 17.4 Å². The Morgan fingerprint density at radius 2 is 1.95 bits per heavy atom. The van der Waals surface area contributed by atoms with Gasteiger partial charge >= 0.3 is 0 Å². The Balaban J connectivity index is 2.11. The quantitative estimate of drug-likeness (QED) is 0.797. The van der Waals surface area contributed by atoms with Crippen molar-refractivity contribution in [3.63, 3.8) is 0 Å². The van der Waals surface area contributed by atoms with E-state index in [2.05, 4.69) is 16.7 Å². The Hall–Kier alpha value is -1.33. The first-order valence-corrected chi connectivity index (χ1v) is 7.21. The molecule has 5 heteroatoms. The molecular weight excluding hydrogens is 274 g/mol. The summed E-state index contributed by atoms with van der Waals surface area (Å²) in [5.41, 5.74) is 0.224. The number of halogens is 2. The van der Waals surface area contributed by atoms with Gasteiger partial charge in [-0.05, 0) is 45.1 Å². The van der Waals surface area contributed by atoms with Gasteiger partial charge in [-0.25, -0.2) is 8.78 Å². The molecule has 1 saturated heterocycles. The first kappa shape index (κ1) is 16.0. The molecule has 3 unspecified atom stereocenters. The lowest BCUT2D eigenvalue weighted by atomic mass is 10.0. The molecular formula is C16H22F2N2O. The van der Waals surface area contributed by atoms with E-state index in [-0.39, 0.29) is 17.4 Å². The Bertz CT molecular complexity index is 533. The second-order valence-corrected chi connectivity index (χ2v) is 6.13. The van der Waals surface area contributed by atoms with Crippen LogP contribution >= 0.6 is 0 Å². The molecule has 0 radical (unpaired) electrons. The minimum atomic E-state index is -0.978. The van der Waals surface area contributed by atoms with Gasteiger partial charge in [-0.1, -0.05) is 6.92 Å². The van der Waals surface area contributed by atoms with Crippen LogP contribution in [0.3, 0.4) is 0 Å². The van der Waals surface area contributed by atoms with Crippen molar-refractivity contribution >= 4 is 5.78 Å². The maximum Gasteiger partial charge on any atom is 0.179 e. The molecule has 116 valence electrons. The average Bonchev–Trinajstić information content (AvgIpc) is 2.82. The first-order chi connectivity index (χ1) is 9.81. The molecule has 0 bridgehead atoms. The normalized spacial score (nSPS) is 24.5. The Labute approximate surface area is 124 Å². The van der Waals surface area contributed by atoms with Crippen molar-refractivity contribution in [2.45, 2.75) is 25.9 Å². The summed E-state index contributed by atoms with van der Waals surface area (Å²) in [7, 11) is 4.07. The van der Waals surface area contributed by atoms with Crippen molar-refractivity contribution in [3.8, 4) is 0 Å². The van der Waals surface area contributed by atoms with Crippen LogP contribution in [0.2, 0.25) is 0 Å².